The molecule has 34 heavy (non-hydrogen) atoms. The number of amides is 1. The van der Waals surface area contributed by atoms with E-state index in [1.807, 2.05) is 36.0 Å². The molecule has 0 bridgehead atoms. The second-order valence-electron chi connectivity index (χ2n) is 9.59. The quantitative estimate of drug-likeness (QED) is 0.535. The van der Waals surface area contributed by atoms with Crippen LogP contribution in [0.25, 0.3) is 0 Å². The van der Waals surface area contributed by atoms with Gasteiger partial charge in [0, 0.05) is 38.6 Å². The maximum atomic E-state index is 13.4. The van der Waals surface area contributed by atoms with Crippen LogP contribution < -0.4 is 0 Å². The first-order valence-corrected chi connectivity index (χ1v) is 13.3. The molecular formula is C26H36FN3O3S. The lowest BCUT2D eigenvalue weighted by Gasteiger charge is -2.34. The third kappa shape index (κ3) is 6.64. The number of halogens is 1. The Kier molecular flexibility index (Phi) is 8.84. The number of carbonyl (C=O) groups is 1. The Balaban J connectivity index is 1.65. The first-order chi connectivity index (χ1) is 16.1. The van der Waals surface area contributed by atoms with Gasteiger partial charge in [-0.1, -0.05) is 38.1 Å². The van der Waals surface area contributed by atoms with Crippen molar-refractivity contribution >= 4 is 15.9 Å². The average Bonchev–Trinajstić information content (AvgIpc) is 2.82. The molecule has 0 saturated carbocycles. The van der Waals surface area contributed by atoms with Crippen molar-refractivity contribution < 1.29 is 17.6 Å². The van der Waals surface area contributed by atoms with Gasteiger partial charge in [-0.25, -0.2) is 12.8 Å². The third-order valence-electron chi connectivity index (χ3n) is 6.40. The summed E-state index contributed by atoms with van der Waals surface area (Å²) in [7, 11) is 0.330. The van der Waals surface area contributed by atoms with E-state index in [9.17, 15) is 17.6 Å². The Morgan fingerprint density at radius 1 is 1.00 bits per heavy atom. The monoisotopic (exact) mass is 489 g/mol. The van der Waals surface area contributed by atoms with Crippen LogP contribution in [0.5, 0.6) is 0 Å². The van der Waals surface area contributed by atoms with Crippen LogP contribution in [0, 0.1) is 11.7 Å². The number of benzene rings is 2. The number of nitrogens with zero attached hydrogens (tertiary/aromatic N) is 3. The summed E-state index contributed by atoms with van der Waals surface area (Å²) >= 11 is 0. The Labute approximate surface area is 203 Å². The standard InChI is InChI=1S/C26H36FN3O3S/c1-20(2)22-7-11-25(12-8-22)34(32,33)30-15-13-23(14-16-30)26(31)29(18-17-28(3)4)19-21-5-9-24(27)10-6-21/h5-12,20,23H,13-19H2,1-4H3. The highest BCUT2D eigenvalue weighted by molar-refractivity contribution is 7.89. The molecule has 0 radical (unpaired) electrons. The molecule has 0 atom stereocenters. The van der Waals surface area contributed by atoms with Gasteiger partial charge in [0.15, 0.2) is 0 Å². The predicted octanol–water partition coefficient (Wildman–Crippen LogP) is 3.94. The van der Waals surface area contributed by atoms with E-state index >= 15 is 0 Å². The smallest absolute Gasteiger partial charge is 0.243 e. The molecule has 3 rings (SSSR count). The van der Waals surface area contributed by atoms with Crippen LogP contribution in [-0.4, -0.2) is 68.7 Å². The van der Waals surface area contributed by atoms with E-state index in [0.717, 1.165) is 11.1 Å². The molecule has 2 aromatic carbocycles. The molecule has 1 saturated heterocycles. The second-order valence-corrected chi connectivity index (χ2v) is 11.5. The highest BCUT2D eigenvalue weighted by Crippen LogP contribution is 2.27. The summed E-state index contributed by atoms with van der Waals surface area (Å²) in [5.41, 5.74) is 1.97. The van der Waals surface area contributed by atoms with Gasteiger partial charge in [0.05, 0.1) is 4.90 Å². The molecule has 1 amide bonds. The number of likely N-dealkylation sites (N-methyl/N-ethyl adjacent to an activating group) is 1. The van der Waals surface area contributed by atoms with Crippen LogP contribution in [0.3, 0.4) is 0 Å². The van der Waals surface area contributed by atoms with Crippen LogP contribution in [-0.2, 0) is 21.4 Å². The summed E-state index contributed by atoms with van der Waals surface area (Å²) in [4.78, 5) is 17.5. The average molecular weight is 490 g/mol. The molecule has 0 aliphatic carbocycles. The maximum Gasteiger partial charge on any atom is 0.243 e. The van der Waals surface area contributed by atoms with Crippen LogP contribution >= 0.6 is 0 Å². The van der Waals surface area contributed by atoms with Crippen molar-refractivity contribution in [1.82, 2.24) is 14.1 Å². The molecule has 1 fully saturated rings. The zero-order valence-corrected chi connectivity index (χ0v) is 21.4. The van der Waals surface area contributed by atoms with Gasteiger partial charge in [0.2, 0.25) is 15.9 Å². The minimum atomic E-state index is -3.58. The number of hydrogen-bond donors (Lipinski definition) is 0. The van der Waals surface area contributed by atoms with Crippen LogP contribution in [0.15, 0.2) is 53.4 Å². The van der Waals surface area contributed by atoms with Crippen molar-refractivity contribution in [1.29, 1.82) is 0 Å². The molecule has 0 unspecified atom stereocenters. The zero-order valence-electron chi connectivity index (χ0n) is 20.6. The van der Waals surface area contributed by atoms with E-state index in [4.69, 9.17) is 0 Å². The fourth-order valence-corrected chi connectivity index (χ4v) is 5.64. The minimum absolute atomic E-state index is 0.0320. The van der Waals surface area contributed by atoms with Gasteiger partial charge in [0.1, 0.15) is 5.82 Å². The third-order valence-corrected chi connectivity index (χ3v) is 8.32. The lowest BCUT2D eigenvalue weighted by atomic mass is 9.96. The van der Waals surface area contributed by atoms with E-state index in [2.05, 4.69) is 13.8 Å². The maximum absolute atomic E-state index is 13.4. The molecule has 0 spiro atoms. The highest BCUT2D eigenvalue weighted by Gasteiger charge is 2.34. The normalized spacial score (nSPS) is 15.7. The lowest BCUT2D eigenvalue weighted by molar-refractivity contribution is -0.137. The Hall–Kier alpha value is -2.29. The van der Waals surface area contributed by atoms with Crippen LogP contribution in [0.1, 0.15) is 43.7 Å². The van der Waals surface area contributed by atoms with Gasteiger partial charge < -0.3 is 9.80 Å². The molecular weight excluding hydrogens is 453 g/mol. The Morgan fingerprint density at radius 2 is 1.59 bits per heavy atom. The molecule has 1 aliphatic rings. The summed E-state index contributed by atoms with van der Waals surface area (Å²) in [5, 5.41) is 0. The summed E-state index contributed by atoms with van der Waals surface area (Å²) in [6.45, 7) is 6.47. The summed E-state index contributed by atoms with van der Waals surface area (Å²) in [6, 6.07) is 13.3. The molecule has 1 heterocycles. The molecule has 2 aromatic rings. The van der Waals surface area contributed by atoms with E-state index in [1.165, 1.54) is 16.4 Å². The first kappa shape index (κ1) is 26.3. The largest absolute Gasteiger partial charge is 0.337 e. The summed E-state index contributed by atoms with van der Waals surface area (Å²) in [5.74, 6) is -0.159. The zero-order chi connectivity index (χ0) is 24.9. The van der Waals surface area contributed by atoms with Gasteiger partial charge in [-0.2, -0.15) is 4.31 Å². The van der Waals surface area contributed by atoms with E-state index in [0.29, 0.717) is 56.4 Å². The Morgan fingerprint density at radius 3 is 2.12 bits per heavy atom. The van der Waals surface area contributed by atoms with Gasteiger partial charge in [-0.3, -0.25) is 4.79 Å². The van der Waals surface area contributed by atoms with Crippen molar-refractivity contribution in [2.45, 2.75) is 44.0 Å². The highest BCUT2D eigenvalue weighted by atomic mass is 32.2. The fourth-order valence-electron chi connectivity index (χ4n) is 4.17. The number of sulfonamides is 1. The number of rotatable bonds is 9. The van der Waals surface area contributed by atoms with Crippen molar-refractivity contribution in [3.8, 4) is 0 Å². The van der Waals surface area contributed by atoms with E-state index < -0.39 is 10.0 Å². The molecule has 0 aromatic heterocycles. The minimum Gasteiger partial charge on any atom is -0.337 e. The predicted molar refractivity (Wildman–Crippen MR) is 132 cm³/mol. The molecule has 1 aliphatic heterocycles. The van der Waals surface area contributed by atoms with Crippen molar-refractivity contribution in [2.24, 2.45) is 5.92 Å². The van der Waals surface area contributed by atoms with Crippen LogP contribution in [0.4, 0.5) is 4.39 Å². The molecule has 8 heteroatoms. The SMILES string of the molecule is CC(C)c1ccc(S(=O)(=O)N2CCC(C(=O)N(CCN(C)C)Cc3ccc(F)cc3)CC2)cc1. The van der Waals surface area contributed by atoms with Crippen LogP contribution in [0.2, 0.25) is 0 Å². The van der Waals surface area contributed by atoms with Gasteiger partial charge in [0.25, 0.3) is 0 Å². The second kappa shape index (κ2) is 11.4. The summed E-state index contributed by atoms with van der Waals surface area (Å²) < 4.78 is 41.0. The van der Waals surface area contributed by atoms with Gasteiger partial charge in [-0.15, -0.1) is 0 Å². The van der Waals surface area contributed by atoms with Gasteiger partial charge >= 0.3 is 0 Å². The Bertz CT molecular complexity index is 1050. The molecule has 186 valence electrons. The van der Waals surface area contributed by atoms with Crippen molar-refractivity contribution in [2.75, 3.05) is 40.3 Å². The summed E-state index contributed by atoms with van der Waals surface area (Å²) in [6.07, 6.45) is 0.980. The molecule has 6 nitrogen and oxygen atoms in total. The lowest BCUT2D eigenvalue weighted by Crippen LogP contribution is -2.45. The number of piperidine rings is 1. The topological polar surface area (TPSA) is 60.9 Å². The van der Waals surface area contributed by atoms with E-state index in [1.54, 1.807) is 24.3 Å². The van der Waals surface area contributed by atoms with E-state index in [-0.39, 0.29) is 17.6 Å². The van der Waals surface area contributed by atoms with Crippen molar-refractivity contribution in [3.05, 3.63) is 65.5 Å². The fraction of sp³-hybridized carbons (Fsp3) is 0.500. The first-order valence-electron chi connectivity index (χ1n) is 11.9. The molecule has 0 N–H and O–H groups in total. The van der Waals surface area contributed by atoms with Crippen molar-refractivity contribution in [3.63, 3.8) is 0 Å². The van der Waals surface area contributed by atoms with Gasteiger partial charge in [-0.05, 0) is 68.2 Å². The number of hydrogen-bond acceptors (Lipinski definition) is 4. The number of carbonyl (C=O) groups excluding carboxylic acids is 1.